The molecule has 6 heteroatoms. The summed E-state index contributed by atoms with van der Waals surface area (Å²) in [6, 6.07) is 9.81. The van der Waals surface area contributed by atoms with Crippen LogP contribution in [-0.2, 0) is 6.54 Å². The Kier molecular flexibility index (Phi) is 3.43. The highest BCUT2D eigenvalue weighted by molar-refractivity contribution is 9.10. The number of halogens is 3. The molecule has 2 nitrogen and oxygen atoms in total. The van der Waals surface area contributed by atoms with Crippen LogP contribution in [0.15, 0.2) is 40.9 Å². The second-order valence-electron chi connectivity index (χ2n) is 4.42. The van der Waals surface area contributed by atoms with E-state index in [9.17, 15) is 8.78 Å². The Labute approximate surface area is 127 Å². The molecule has 0 atom stereocenters. The number of aromatic nitrogens is 2. The average molecular weight is 355 g/mol. The van der Waals surface area contributed by atoms with Crippen LogP contribution in [0.25, 0.3) is 11.0 Å². The zero-order chi connectivity index (χ0) is 14.3. The molecule has 3 aromatic rings. The van der Waals surface area contributed by atoms with Crippen LogP contribution in [0, 0.1) is 16.4 Å². The van der Waals surface area contributed by atoms with E-state index in [0.717, 1.165) is 16.1 Å². The number of rotatable bonds is 2. The number of hydrogen-bond acceptors (Lipinski definition) is 1. The van der Waals surface area contributed by atoms with E-state index in [4.69, 9.17) is 12.2 Å². The van der Waals surface area contributed by atoms with Crippen LogP contribution in [0.1, 0.15) is 5.56 Å². The van der Waals surface area contributed by atoms with Gasteiger partial charge in [0.1, 0.15) is 11.3 Å². The van der Waals surface area contributed by atoms with Gasteiger partial charge in [-0.15, -0.1) is 0 Å². The minimum absolute atomic E-state index is 0.230. The zero-order valence-corrected chi connectivity index (χ0v) is 12.6. The number of benzene rings is 2. The molecular formula is C14H9BrF2N2S. The number of hydrogen-bond donors (Lipinski definition) is 1. The summed E-state index contributed by atoms with van der Waals surface area (Å²) in [5, 5.41) is 0. The molecule has 1 N–H and O–H groups in total. The van der Waals surface area contributed by atoms with Crippen molar-refractivity contribution in [3.05, 3.63) is 62.8 Å². The highest BCUT2D eigenvalue weighted by atomic mass is 79.9. The van der Waals surface area contributed by atoms with Gasteiger partial charge in [-0.05, 0) is 36.0 Å². The lowest BCUT2D eigenvalue weighted by Gasteiger charge is -2.05. The predicted molar refractivity (Wildman–Crippen MR) is 80.3 cm³/mol. The second-order valence-corrected chi connectivity index (χ2v) is 5.73. The monoisotopic (exact) mass is 354 g/mol. The summed E-state index contributed by atoms with van der Waals surface area (Å²) in [5.74, 6) is -1.26. The fourth-order valence-corrected chi connectivity index (χ4v) is 2.64. The van der Waals surface area contributed by atoms with Gasteiger partial charge in [-0.2, -0.15) is 0 Å². The Balaban J connectivity index is 2.13. The van der Waals surface area contributed by atoms with Gasteiger partial charge in [-0.1, -0.05) is 28.1 Å². The lowest BCUT2D eigenvalue weighted by molar-refractivity contribution is 0.590. The Hall–Kier alpha value is -1.53. The van der Waals surface area contributed by atoms with Gasteiger partial charge in [0.2, 0.25) is 0 Å². The second kappa shape index (κ2) is 5.10. The molecule has 0 bridgehead atoms. The van der Waals surface area contributed by atoms with Gasteiger partial charge in [0, 0.05) is 10.5 Å². The quantitative estimate of drug-likeness (QED) is 0.656. The minimum atomic E-state index is -0.638. The first-order valence-electron chi connectivity index (χ1n) is 5.86. The summed E-state index contributed by atoms with van der Waals surface area (Å²) in [6.45, 7) is 0.453. The lowest BCUT2D eigenvalue weighted by atomic mass is 10.2. The van der Waals surface area contributed by atoms with E-state index in [0.29, 0.717) is 16.8 Å². The van der Waals surface area contributed by atoms with E-state index in [1.165, 1.54) is 6.07 Å². The molecule has 3 rings (SSSR count). The SMILES string of the molecule is Fc1cc(F)c2[nH]c(=S)n(Cc3ccc(Br)cc3)c2c1. The fourth-order valence-electron chi connectivity index (χ4n) is 2.11. The van der Waals surface area contributed by atoms with Gasteiger partial charge in [-0.25, -0.2) is 8.78 Å². The minimum Gasteiger partial charge on any atom is -0.328 e. The van der Waals surface area contributed by atoms with Crippen molar-refractivity contribution in [1.82, 2.24) is 9.55 Å². The Morgan fingerprint density at radius 1 is 1.15 bits per heavy atom. The Morgan fingerprint density at radius 3 is 2.55 bits per heavy atom. The molecule has 0 spiro atoms. The molecule has 0 aliphatic rings. The highest BCUT2D eigenvalue weighted by Crippen LogP contribution is 2.21. The van der Waals surface area contributed by atoms with Crippen LogP contribution in [-0.4, -0.2) is 9.55 Å². The van der Waals surface area contributed by atoms with E-state index < -0.39 is 11.6 Å². The summed E-state index contributed by atoms with van der Waals surface area (Å²) in [5.41, 5.74) is 1.65. The van der Waals surface area contributed by atoms with Crippen molar-refractivity contribution in [3.8, 4) is 0 Å². The normalized spacial score (nSPS) is 11.2. The van der Waals surface area contributed by atoms with Crippen LogP contribution >= 0.6 is 28.1 Å². The average Bonchev–Trinajstić information content (AvgIpc) is 2.70. The number of fused-ring (bicyclic) bond motifs is 1. The first kappa shape index (κ1) is 13.5. The standard InChI is InChI=1S/C14H9BrF2N2S/c15-9-3-1-8(2-4-9)7-19-12-6-10(16)5-11(17)13(12)18-14(19)20/h1-6H,7H2,(H,18,20). The summed E-state index contributed by atoms with van der Waals surface area (Å²) in [6.07, 6.45) is 0. The van der Waals surface area contributed by atoms with Crippen molar-refractivity contribution in [3.63, 3.8) is 0 Å². The van der Waals surface area contributed by atoms with Crippen LogP contribution in [0.2, 0.25) is 0 Å². The molecule has 0 saturated heterocycles. The van der Waals surface area contributed by atoms with Gasteiger partial charge in [-0.3, -0.25) is 0 Å². The summed E-state index contributed by atoms with van der Waals surface area (Å²) >= 11 is 8.55. The third kappa shape index (κ3) is 2.41. The van der Waals surface area contributed by atoms with E-state index in [1.54, 1.807) is 4.57 Å². The molecular weight excluding hydrogens is 346 g/mol. The van der Waals surface area contributed by atoms with Crippen LogP contribution in [0.4, 0.5) is 8.78 Å². The molecule has 0 amide bonds. The van der Waals surface area contributed by atoms with Gasteiger partial charge < -0.3 is 9.55 Å². The van der Waals surface area contributed by atoms with Gasteiger partial charge in [0.05, 0.1) is 12.1 Å². The first-order valence-corrected chi connectivity index (χ1v) is 7.07. The maximum Gasteiger partial charge on any atom is 0.178 e. The first-order chi connectivity index (χ1) is 9.54. The molecule has 1 aromatic heterocycles. The number of nitrogens with zero attached hydrogens (tertiary/aromatic N) is 1. The summed E-state index contributed by atoms with van der Waals surface area (Å²) in [7, 11) is 0. The van der Waals surface area contributed by atoms with Gasteiger partial charge in [0.15, 0.2) is 10.6 Å². The Bertz CT molecular complexity index is 837. The molecule has 0 unspecified atom stereocenters. The van der Waals surface area contributed by atoms with E-state index in [-0.39, 0.29) is 5.52 Å². The number of H-pyrrole nitrogens is 1. The summed E-state index contributed by atoms with van der Waals surface area (Å²) in [4.78, 5) is 2.78. The van der Waals surface area contributed by atoms with Crippen molar-refractivity contribution in [1.29, 1.82) is 0 Å². The third-order valence-electron chi connectivity index (χ3n) is 3.06. The molecule has 0 aliphatic heterocycles. The maximum absolute atomic E-state index is 13.7. The lowest BCUT2D eigenvalue weighted by Crippen LogP contribution is -1.99. The van der Waals surface area contributed by atoms with E-state index in [2.05, 4.69) is 20.9 Å². The number of aromatic amines is 1. The predicted octanol–water partition coefficient (Wildman–Crippen LogP) is 4.79. The zero-order valence-electron chi connectivity index (χ0n) is 10.2. The topological polar surface area (TPSA) is 20.7 Å². The van der Waals surface area contributed by atoms with Gasteiger partial charge in [0.25, 0.3) is 0 Å². The van der Waals surface area contributed by atoms with Crippen molar-refractivity contribution in [2.75, 3.05) is 0 Å². The maximum atomic E-state index is 13.7. The molecule has 0 aliphatic carbocycles. The van der Waals surface area contributed by atoms with Crippen molar-refractivity contribution < 1.29 is 8.78 Å². The highest BCUT2D eigenvalue weighted by Gasteiger charge is 2.11. The van der Waals surface area contributed by atoms with E-state index in [1.807, 2.05) is 24.3 Å². The Morgan fingerprint density at radius 2 is 1.85 bits per heavy atom. The molecule has 1 heterocycles. The van der Waals surface area contributed by atoms with E-state index >= 15 is 0 Å². The van der Waals surface area contributed by atoms with Crippen LogP contribution in [0.3, 0.4) is 0 Å². The molecule has 0 radical (unpaired) electrons. The van der Waals surface area contributed by atoms with Gasteiger partial charge >= 0.3 is 0 Å². The van der Waals surface area contributed by atoms with Crippen LogP contribution in [0.5, 0.6) is 0 Å². The largest absolute Gasteiger partial charge is 0.328 e. The van der Waals surface area contributed by atoms with Crippen molar-refractivity contribution in [2.24, 2.45) is 0 Å². The molecule has 0 saturated carbocycles. The van der Waals surface area contributed by atoms with Crippen molar-refractivity contribution >= 4 is 39.2 Å². The smallest absolute Gasteiger partial charge is 0.178 e. The molecule has 2 aromatic carbocycles. The molecule has 20 heavy (non-hydrogen) atoms. The molecule has 102 valence electrons. The fraction of sp³-hybridized carbons (Fsp3) is 0.0714. The summed E-state index contributed by atoms with van der Waals surface area (Å²) < 4.78 is 30.1. The third-order valence-corrected chi connectivity index (χ3v) is 3.91. The molecule has 0 fully saturated rings. The van der Waals surface area contributed by atoms with Crippen LogP contribution < -0.4 is 0 Å². The number of nitrogens with one attached hydrogen (secondary N) is 1. The number of imidazole rings is 1. The van der Waals surface area contributed by atoms with Crippen molar-refractivity contribution in [2.45, 2.75) is 6.54 Å².